The lowest BCUT2D eigenvalue weighted by Gasteiger charge is -2.27. The second-order valence-corrected chi connectivity index (χ2v) is 7.62. The highest BCUT2D eigenvalue weighted by molar-refractivity contribution is 6.32. The number of amides is 1. The van der Waals surface area contributed by atoms with Crippen LogP contribution in [0.15, 0.2) is 29.3 Å². The van der Waals surface area contributed by atoms with Crippen molar-refractivity contribution < 1.29 is 9.53 Å². The van der Waals surface area contributed by atoms with Crippen molar-refractivity contribution in [2.75, 3.05) is 26.3 Å². The quantitative estimate of drug-likeness (QED) is 0.768. The summed E-state index contributed by atoms with van der Waals surface area (Å²) in [5.74, 6) is -0.205. The van der Waals surface area contributed by atoms with Gasteiger partial charge in [-0.25, -0.2) is 15.4 Å². The van der Waals surface area contributed by atoms with Crippen LogP contribution < -0.4 is 5.43 Å². The number of hydrogen-bond acceptors (Lipinski definition) is 6. The van der Waals surface area contributed by atoms with E-state index in [1.165, 1.54) is 36.0 Å². The minimum Gasteiger partial charge on any atom is -0.379 e. The van der Waals surface area contributed by atoms with Crippen LogP contribution in [0.4, 0.5) is 0 Å². The van der Waals surface area contributed by atoms with E-state index in [2.05, 4.69) is 30.4 Å². The molecule has 0 aromatic carbocycles. The van der Waals surface area contributed by atoms with E-state index >= 15 is 0 Å². The van der Waals surface area contributed by atoms with Crippen LogP contribution in [-0.2, 0) is 28.9 Å². The average Bonchev–Trinajstić information content (AvgIpc) is 3.30. The van der Waals surface area contributed by atoms with Gasteiger partial charge in [-0.3, -0.25) is 9.69 Å². The van der Waals surface area contributed by atoms with E-state index in [0.29, 0.717) is 17.0 Å². The van der Waals surface area contributed by atoms with Gasteiger partial charge in [0.15, 0.2) is 0 Å². The Morgan fingerprint density at radius 3 is 2.90 bits per heavy atom. The number of aryl methyl sites for hydroxylation is 1. The number of hydrazone groups is 1. The van der Waals surface area contributed by atoms with E-state index < -0.39 is 0 Å². The van der Waals surface area contributed by atoms with Gasteiger partial charge < -0.3 is 9.72 Å². The molecule has 0 unspecified atom stereocenters. The van der Waals surface area contributed by atoms with Crippen LogP contribution in [0, 0.1) is 0 Å². The van der Waals surface area contributed by atoms with Crippen molar-refractivity contribution in [3.8, 4) is 0 Å². The summed E-state index contributed by atoms with van der Waals surface area (Å²) in [5, 5.41) is 4.21. The van der Waals surface area contributed by atoms with Gasteiger partial charge in [-0.2, -0.15) is 5.10 Å². The van der Waals surface area contributed by atoms with Crippen LogP contribution in [0.3, 0.4) is 0 Å². The molecule has 0 radical (unpaired) electrons. The fourth-order valence-corrected chi connectivity index (χ4v) is 4.30. The van der Waals surface area contributed by atoms with E-state index in [9.17, 15) is 4.79 Å². The van der Waals surface area contributed by atoms with Crippen molar-refractivity contribution in [2.45, 2.75) is 32.2 Å². The van der Waals surface area contributed by atoms with Gasteiger partial charge in [-0.1, -0.05) is 0 Å². The zero-order valence-electron chi connectivity index (χ0n) is 16.3. The normalized spacial score (nSPS) is 21.2. The molecule has 2 aliphatic heterocycles. The lowest BCUT2D eigenvalue weighted by atomic mass is 9.93. The van der Waals surface area contributed by atoms with Crippen LogP contribution in [-0.4, -0.2) is 57.8 Å². The molecule has 5 rings (SSSR count). The topological polar surface area (TPSA) is 95.5 Å². The van der Waals surface area contributed by atoms with Gasteiger partial charge in [-0.15, -0.1) is 0 Å². The molecule has 1 saturated heterocycles. The second-order valence-electron chi connectivity index (χ2n) is 7.62. The maximum atomic E-state index is 12.5. The van der Waals surface area contributed by atoms with Crippen molar-refractivity contribution >= 4 is 17.7 Å². The number of nitrogens with zero attached hydrogens (tertiary/aromatic N) is 4. The Hall–Kier alpha value is -2.84. The van der Waals surface area contributed by atoms with Crippen LogP contribution in [0.5, 0.6) is 0 Å². The monoisotopic (exact) mass is 392 g/mol. The molecular formula is C21H24N6O2. The van der Waals surface area contributed by atoms with Gasteiger partial charge in [0.1, 0.15) is 12.0 Å². The molecule has 8 heteroatoms. The second kappa shape index (κ2) is 7.88. The van der Waals surface area contributed by atoms with E-state index in [-0.39, 0.29) is 5.91 Å². The molecule has 0 bridgehead atoms. The van der Waals surface area contributed by atoms with Crippen molar-refractivity contribution in [3.63, 3.8) is 0 Å². The number of H-pyrrole nitrogens is 1. The number of aromatic nitrogens is 3. The summed E-state index contributed by atoms with van der Waals surface area (Å²) in [4.78, 5) is 26.8. The zero-order valence-corrected chi connectivity index (χ0v) is 16.3. The Balaban J connectivity index is 1.53. The highest BCUT2D eigenvalue weighted by atomic mass is 16.5. The van der Waals surface area contributed by atoms with Crippen LogP contribution in [0.25, 0.3) is 6.08 Å². The molecule has 2 aromatic heterocycles. The van der Waals surface area contributed by atoms with E-state index in [1.54, 1.807) is 12.3 Å². The third kappa shape index (κ3) is 3.61. The number of carbonyl (C=O) groups excluding carboxylic acids is 1. The van der Waals surface area contributed by atoms with Gasteiger partial charge in [0.25, 0.3) is 5.91 Å². The highest BCUT2D eigenvalue weighted by Crippen LogP contribution is 2.30. The Morgan fingerprint density at radius 1 is 1.21 bits per heavy atom. The predicted molar refractivity (Wildman–Crippen MR) is 108 cm³/mol. The summed E-state index contributed by atoms with van der Waals surface area (Å²) in [5.41, 5.74) is 9.35. The van der Waals surface area contributed by atoms with Gasteiger partial charge in [0.2, 0.25) is 0 Å². The van der Waals surface area contributed by atoms with Crippen LogP contribution in [0.1, 0.15) is 41.1 Å². The number of nitrogens with one attached hydrogen (secondary N) is 2. The molecule has 8 nitrogen and oxygen atoms in total. The standard InChI is InChI=1S/C21H24N6O2/c28-21-15(20(25-26-21)18-5-6-22-13-23-18)11-19-16(12-27-7-9-29-10-8-27)14-3-1-2-4-17(14)24-19/h5-6,11,13,24H,1-4,7-10,12H2,(H,26,28)/b15-11+. The van der Waals surface area contributed by atoms with Crippen LogP contribution in [0.2, 0.25) is 0 Å². The van der Waals surface area contributed by atoms with Crippen LogP contribution >= 0.6 is 0 Å². The molecule has 0 atom stereocenters. The minimum absolute atomic E-state index is 0.205. The molecule has 29 heavy (non-hydrogen) atoms. The number of hydrogen-bond donors (Lipinski definition) is 2. The van der Waals surface area contributed by atoms with E-state index in [0.717, 1.165) is 51.4 Å². The lowest BCUT2D eigenvalue weighted by molar-refractivity contribution is -0.116. The molecule has 0 saturated carbocycles. The summed E-state index contributed by atoms with van der Waals surface area (Å²) in [6.45, 7) is 4.29. The fraction of sp³-hybridized carbons (Fsp3) is 0.429. The largest absolute Gasteiger partial charge is 0.379 e. The molecule has 3 aliphatic rings. The fourth-order valence-electron chi connectivity index (χ4n) is 4.30. The molecule has 1 amide bonds. The molecule has 2 aromatic rings. The smallest absolute Gasteiger partial charge is 0.273 e. The summed E-state index contributed by atoms with van der Waals surface area (Å²) < 4.78 is 5.50. The Bertz CT molecular complexity index is 973. The first-order valence-corrected chi connectivity index (χ1v) is 10.2. The Kier molecular flexibility index (Phi) is 4.95. The van der Waals surface area contributed by atoms with Crippen molar-refractivity contribution in [2.24, 2.45) is 5.10 Å². The van der Waals surface area contributed by atoms with Gasteiger partial charge in [0.05, 0.1) is 24.5 Å². The SMILES string of the molecule is O=C1NN=C(c2ccncn2)/C1=C\c1[nH]c2c(c1CN1CCOCC1)CCCC2. The number of ether oxygens (including phenoxy) is 1. The van der Waals surface area contributed by atoms with Crippen molar-refractivity contribution in [1.82, 2.24) is 25.3 Å². The van der Waals surface area contributed by atoms with E-state index in [1.807, 2.05) is 6.08 Å². The average molecular weight is 392 g/mol. The summed E-state index contributed by atoms with van der Waals surface area (Å²) in [6.07, 6.45) is 9.64. The first-order valence-electron chi connectivity index (χ1n) is 10.2. The number of fused-ring (bicyclic) bond motifs is 1. The Morgan fingerprint density at radius 2 is 2.07 bits per heavy atom. The first-order chi connectivity index (χ1) is 14.3. The lowest BCUT2D eigenvalue weighted by Crippen LogP contribution is -2.36. The third-order valence-electron chi connectivity index (χ3n) is 5.81. The summed E-state index contributed by atoms with van der Waals surface area (Å²) >= 11 is 0. The first kappa shape index (κ1) is 18.2. The number of carbonyl (C=O) groups is 1. The molecule has 1 aliphatic carbocycles. The zero-order chi connectivity index (χ0) is 19.6. The number of aromatic amines is 1. The minimum atomic E-state index is -0.205. The molecule has 0 spiro atoms. The molecule has 2 N–H and O–H groups in total. The number of morpholine rings is 1. The summed E-state index contributed by atoms with van der Waals surface area (Å²) in [7, 11) is 0. The summed E-state index contributed by atoms with van der Waals surface area (Å²) in [6, 6.07) is 1.77. The Labute approximate surface area is 169 Å². The molecular weight excluding hydrogens is 368 g/mol. The predicted octanol–water partition coefficient (Wildman–Crippen LogP) is 1.43. The number of rotatable bonds is 4. The maximum absolute atomic E-state index is 12.5. The van der Waals surface area contributed by atoms with Gasteiger partial charge in [-0.05, 0) is 49.0 Å². The molecule has 1 fully saturated rings. The molecule has 150 valence electrons. The maximum Gasteiger partial charge on any atom is 0.273 e. The van der Waals surface area contributed by atoms with Crippen molar-refractivity contribution in [3.05, 3.63) is 52.4 Å². The van der Waals surface area contributed by atoms with Gasteiger partial charge >= 0.3 is 0 Å². The highest BCUT2D eigenvalue weighted by Gasteiger charge is 2.27. The van der Waals surface area contributed by atoms with Gasteiger partial charge in [0, 0.05) is 37.2 Å². The van der Waals surface area contributed by atoms with Crippen molar-refractivity contribution in [1.29, 1.82) is 0 Å². The van der Waals surface area contributed by atoms with E-state index in [4.69, 9.17) is 4.74 Å². The third-order valence-corrected chi connectivity index (χ3v) is 5.81. The molecule has 4 heterocycles.